The molecule has 2 fully saturated rings. The molecule has 0 N–H and O–H groups in total. The third-order valence-corrected chi connectivity index (χ3v) is 2.98. The average Bonchev–Trinajstić information content (AvgIpc) is 2.17. The molecule has 57 valence electrons. The maximum Gasteiger partial charge on any atom is 0.0161 e. The fourth-order valence-corrected chi connectivity index (χ4v) is 2.26. The lowest BCUT2D eigenvalue weighted by molar-refractivity contribution is 0.404. The van der Waals surface area contributed by atoms with Gasteiger partial charge in [-0.2, -0.15) is 0 Å². The SMILES string of the molecule is C1CC2CCC(C1)C[N]C2. The van der Waals surface area contributed by atoms with Crippen LogP contribution in [0, 0.1) is 11.8 Å². The maximum atomic E-state index is 4.56. The molecule has 1 saturated carbocycles. The molecule has 1 heterocycles. The van der Waals surface area contributed by atoms with Crippen molar-refractivity contribution in [3.8, 4) is 0 Å². The van der Waals surface area contributed by atoms with Gasteiger partial charge in [0.25, 0.3) is 0 Å². The standard InChI is InChI=1S/C9H16N/c1-2-8-4-5-9(3-1)7-10-6-8/h8-9H,1-7H2. The van der Waals surface area contributed by atoms with Crippen LogP contribution in [0.3, 0.4) is 0 Å². The number of hydrogen-bond donors (Lipinski definition) is 0. The van der Waals surface area contributed by atoms with E-state index in [1.165, 1.54) is 45.2 Å². The van der Waals surface area contributed by atoms with Crippen LogP contribution >= 0.6 is 0 Å². The summed E-state index contributed by atoms with van der Waals surface area (Å²) < 4.78 is 0. The lowest BCUT2D eigenvalue weighted by Crippen LogP contribution is -2.19. The molecule has 2 unspecified atom stereocenters. The number of nitrogens with zero attached hydrogens (tertiary/aromatic N) is 1. The lowest BCUT2D eigenvalue weighted by Gasteiger charge is -2.14. The highest BCUT2D eigenvalue weighted by atomic mass is 14.9. The Kier molecular flexibility index (Phi) is 1.94. The molecule has 1 nitrogen and oxygen atoms in total. The van der Waals surface area contributed by atoms with Crippen molar-refractivity contribution in [2.75, 3.05) is 13.1 Å². The Bertz CT molecular complexity index is 89.3. The van der Waals surface area contributed by atoms with E-state index in [4.69, 9.17) is 0 Å². The normalized spacial score (nSPS) is 40.8. The molecule has 1 saturated heterocycles. The molecule has 0 aromatic rings. The first-order valence-corrected chi connectivity index (χ1v) is 4.58. The minimum absolute atomic E-state index is 0.965. The van der Waals surface area contributed by atoms with E-state index in [1.807, 2.05) is 0 Å². The van der Waals surface area contributed by atoms with Crippen molar-refractivity contribution in [3.05, 3.63) is 0 Å². The van der Waals surface area contributed by atoms with Crippen LogP contribution in [0.1, 0.15) is 32.1 Å². The van der Waals surface area contributed by atoms with Crippen LogP contribution in [-0.2, 0) is 0 Å². The van der Waals surface area contributed by atoms with Crippen molar-refractivity contribution in [2.24, 2.45) is 11.8 Å². The summed E-state index contributed by atoms with van der Waals surface area (Å²) in [6.45, 7) is 2.35. The molecule has 2 bridgehead atoms. The third kappa shape index (κ3) is 1.34. The van der Waals surface area contributed by atoms with Gasteiger partial charge in [-0.15, -0.1) is 0 Å². The molecule has 0 aromatic heterocycles. The van der Waals surface area contributed by atoms with Crippen LogP contribution in [0.25, 0.3) is 0 Å². The molecule has 1 heteroatoms. The quantitative estimate of drug-likeness (QED) is 0.484. The van der Waals surface area contributed by atoms with Crippen molar-refractivity contribution in [2.45, 2.75) is 32.1 Å². The van der Waals surface area contributed by atoms with Gasteiger partial charge < -0.3 is 0 Å². The van der Waals surface area contributed by atoms with Crippen LogP contribution in [0.4, 0.5) is 0 Å². The summed E-state index contributed by atoms with van der Waals surface area (Å²) in [6.07, 6.45) is 7.33. The van der Waals surface area contributed by atoms with Gasteiger partial charge in [0, 0.05) is 13.1 Å². The fourth-order valence-electron chi connectivity index (χ4n) is 2.26. The Balaban J connectivity index is 2.01. The van der Waals surface area contributed by atoms with E-state index in [0.29, 0.717) is 0 Å². The summed E-state index contributed by atoms with van der Waals surface area (Å²) in [5, 5.41) is 4.56. The summed E-state index contributed by atoms with van der Waals surface area (Å²) in [6, 6.07) is 0. The predicted molar refractivity (Wildman–Crippen MR) is 41.9 cm³/mol. The number of hydrogen-bond acceptors (Lipinski definition) is 0. The maximum absolute atomic E-state index is 4.56. The molecule has 1 aliphatic carbocycles. The molecule has 2 atom stereocenters. The molecule has 0 aromatic carbocycles. The molecular formula is C9H16N. The Morgan fingerprint density at radius 3 is 2.00 bits per heavy atom. The van der Waals surface area contributed by atoms with Gasteiger partial charge in [0.2, 0.25) is 0 Å². The molecule has 0 spiro atoms. The van der Waals surface area contributed by atoms with Crippen molar-refractivity contribution in [3.63, 3.8) is 0 Å². The van der Waals surface area contributed by atoms with Crippen molar-refractivity contribution in [1.82, 2.24) is 5.32 Å². The van der Waals surface area contributed by atoms with E-state index in [1.54, 1.807) is 0 Å². The first-order valence-electron chi connectivity index (χ1n) is 4.58. The summed E-state index contributed by atoms with van der Waals surface area (Å²) in [7, 11) is 0. The van der Waals surface area contributed by atoms with Crippen LogP contribution in [0.2, 0.25) is 0 Å². The largest absolute Gasteiger partial charge is 0.241 e. The third-order valence-electron chi connectivity index (χ3n) is 2.98. The fraction of sp³-hybridized carbons (Fsp3) is 1.00. The Labute approximate surface area is 63.2 Å². The van der Waals surface area contributed by atoms with Gasteiger partial charge in [-0.3, -0.25) is 0 Å². The highest BCUT2D eigenvalue weighted by Gasteiger charge is 2.22. The van der Waals surface area contributed by atoms with E-state index < -0.39 is 0 Å². The molecule has 2 aliphatic rings. The predicted octanol–water partition coefficient (Wildman–Crippen LogP) is 1.80. The second-order valence-corrected chi connectivity index (χ2v) is 3.83. The monoisotopic (exact) mass is 138 g/mol. The number of rotatable bonds is 0. The van der Waals surface area contributed by atoms with Crippen LogP contribution in [0.5, 0.6) is 0 Å². The number of fused-ring (bicyclic) bond motifs is 3. The second-order valence-electron chi connectivity index (χ2n) is 3.83. The minimum atomic E-state index is 0.965. The van der Waals surface area contributed by atoms with Crippen molar-refractivity contribution >= 4 is 0 Å². The summed E-state index contributed by atoms with van der Waals surface area (Å²) in [4.78, 5) is 0. The molecule has 2 rings (SSSR count). The molecule has 0 amide bonds. The second kappa shape index (κ2) is 2.91. The zero-order chi connectivity index (χ0) is 6.81. The van der Waals surface area contributed by atoms with E-state index in [0.717, 1.165) is 11.8 Å². The summed E-state index contributed by atoms with van der Waals surface area (Å²) in [5.74, 6) is 1.93. The van der Waals surface area contributed by atoms with Crippen LogP contribution < -0.4 is 5.32 Å². The average molecular weight is 138 g/mol. The zero-order valence-corrected chi connectivity index (χ0v) is 6.55. The van der Waals surface area contributed by atoms with E-state index in [-0.39, 0.29) is 0 Å². The van der Waals surface area contributed by atoms with E-state index >= 15 is 0 Å². The molecular weight excluding hydrogens is 122 g/mol. The van der Waals surface area contributed by atoms with Gasteiger partial charge in [-0.1, -0.05) is 6.42 Å². The van der Waals surface area contributed by atoms with Crippen molar-refractivity contribution < 1.29 is 0 Å². The molecule has 1 radical (unpaired) electrons. The Hall–Kier alpha value is -0.0400. The first kappa shape index (κ1) is 6.66. The van der Waals surface area contributed by atoms with Crippen LogP contribution in [-0.4, -0.2) is 13.1 Å². The topological polar surface area (TPSA) is 14.1 Å². The molecule has 1 aliphatic heterocycles. The smallest absolute Gasteiger partial charge is 0.0161 e. The summed E-state index contributed by atoms with van der Waals surface area (Å²) >= 11 is 0. The Morgan fingerprint density at radius 2 is 1.40 bits per heavy atom. The van der Waals surface area contributed by atoms with E-state index in [9.17, 15) is 0 Å². The highest BCUT2D eigenvalue weighted by molar-refractivity contribution is 4.77. The zero-order valence-electron chi connectivity index (χ0n) is 6.55. The lowest BCUT2D eigenvalue weighted by atomic mass is 10.0. The van der Waals surface area contributed by atoms with Crippen molar-refractivity contribution in [1.29, 1.82) is 0 Å². The van der Waals surface area contributed by atoms with Gasteiger partial charge >= 0.3 is 0 Å². The van der Waals surface area contributed by atoms with Gasteiger partial charge in [0.15, 0.2) is 0 Å². The summed E-state index contributed by atoms with van der Waals surface area (Å²) in [5.41, 5.74) is 0. The molecule has 10 heavy (non-hydrogen) atoms. The van der Waals surface area contributed by atoms with Gasteiger partial charge in [0.05, 0.1) is 0 Å². The highest BCUT2D eigenvalue weighted by Crippen LogP contribution is 2.29. The van der Waals surface area contributed by atoms with Gasteiger partial charge in [-0.05, 0) is 37.5 Å². The van der Waals surface area contributed by atoms with Gasteiger partial charge in [-0.25, -0.2) is 5.32 Å². The van der Waals surface area contributed by atoms with E-state index in [2.05, 4.69) is 5.32 Å². The van der Waals surface area contributed by atoms with Crippen LogP contribution in [0.15, 0.2) is 0 Å². The Morgan fingerprint density at radius 1 is 0.800 bits per heavy atom. The van der Waals surface area contributed by atoms with Gasteiger partial charge in [0.1, 0.15) is 0 Å². The first-order chi connectivity index (χ1) is 4.95. The minimum Gasteiger partial charge on any atom is -0.241 e.